The van der Waals surface area contributed by atoms with Crippen molar-refractivity contribution in [1.82, 2.24) is 14.9 Å². The first-order valence-corrected chi connectivity index (χ1v) is 9.32. The maximum absolute atomic E-state index is 12.4. The predicted molar refractivity (Wildman–Crippen MR) is 106 cm³/mol. The van der Waals surface area contributed by atoms with Gasteiger partial charge in [-0.25, -0.2) is 4.68 Å². The Bertz CT molecular complexity index is 896. The third-order valence-corrected chi connectivity index (χ3v) is 4.91. The lowest BCUT2D eigenvalue weighted by Gasteiger charge is -2.12. The summed E-state index contributed by atoms with van der Waals surface area (Å²) < 4.78 is 7.11. The second kappa shape index (κ2) is 8.59. The summed E-state index contributed by atoms with van der Waals surface area (Å²) in [7, 11) is 0. The van der Waals surface area contributed by atoms with E-state index in [4.69, 9.17) is 10.6 Å². The molecule has 0 unspecified atom stereocenters. The van der Waals surface area contributed by atoms with E-state index in [9.17, 15) is 4.79 Å². The Kier molecular flexibility index (Phi) is 5.97. The third-order valence-electron chi connectivity index (χ3n) is 3.86. The Morgan fingerprint density at radius 2 is 1.89 bits per heavy atom. The Hall–Kier alpha value is -3.00. The summed E-state index contributed by atoms with van der Waals surface area (Å²) in [6.07, 6.45) is 0. The van der Waals surface area contributed by atoms with E-state index in [1.54, 1.807) is 13.8 Å². The zero-order valence-electron chi connectivity index (χ0n) is 15.1. The van der Waals surface area contributed by atoms with Gasteiger partial charge in [-0.05, 0) is 43.7 Å². The van der Waals surface area contributed by atoms with Crippen molar-refractivity contribution in [2.24, 2.45) is 0 Å². The van der Waals surface area contributed by atoms with Gasteiger partial charge in [0, 0.05) is 5.69 Å². The predicted octanol–water partition coefficient (Wildman–Crippen LogP) is 3.00. The van der Waals surface area contributed by atoms with Gasteiger partial charge in [0.15, 0.2) is 0 Å². The number of carbonyl (C=O) groups is 1. The number of hydrogen-bond donors (Lipinski definition) is 2. The molecule has 140 valence electrons. The molecule has 3 N–H and O–H groups in total. The molecule has 3 rings (SSSR count). The van der Waals surface area contributed by atoms with Crippen LogP contribution in [-0.2, 0) is 11.4 Å². The van der Waals surface area contributed by atoms with Crippen LogP contribution in [0.3, 0.4) is 0 Å². The molecule has 0 bridgehead atoms. The minimum atomic E-state index is -0.370. The quantitative estimate of drug-likeness (QED) is 0.481. The maximum Gasteiger partial charge on any atom is 0.237 e. The normalized spacial score (nSPS) is 11.8. The molecule has 3 aromatic rings. The number of ether oxygens (including phenoxy) is 1. The average Bonchev–Trinajstić information content (AvgIpc) is 3.00. The fraction of sp³-hybridized carbons (Fsp3) is 0.211. The summed E-state index contributed by atoms with van der Waals surface area (Å²) >= 11 is 1.25. The number of benzene rings is 2. The minimum absolute atomic E-state index is 0.140. The molecule has 1 heterocycles. The Balaban J connectivity index is 1.52. The Morgan fingerprint density at radius 3 is 2.52 bits per heavy atom. The molecule has 0 fully saturated rings. The van der Waals surface area contributed by atoms with Gasteiger partial charge in [-0.1, -0.05) is 42.1 Å². The lowest BCUT2D eigenvalue weighted by Crippen LogP contribution is -2.23. The summed E-state index contributed by atoms with van der Waals surface area (Å²) in [6, 6.07) is 17.2. The highest BCUT2D eigenvalue weighted by molar-refractivity contribution is 8.00. The molecule has 2 aromatic carbocycles. The number of anilines is 1. The van der Waals surface area contributed by atoms with Crippen molar-refractivity contribution in [1.29, 1.82) is 0 Å². The largest absolute Gasteiger partial charge is 0.489 e. The zero-order chi connectivity index (χ0) is 19.2. The van der Waals surface area contributed by atoms with Gasteiger partial charge in [0.05, 0.1) is 5.25 Å². The van der Waals surface area contributed by atoms with Crippen molar-refractivity contribution in [3.05, 3.63) is 66.0 Å². The zero-order valence-corrected chi connectivity index (χ0v) is 15.9. The van der Waals surface area contributed by atoms with Crippen molar-refractivity contribution >= 4 is 23.4 Å². The minimum Gasteiger partial charge on any atom is -0.489 e. The van der Waals surface area contributed by atoms with Gasteiger partial charge in [0.25, 0.3) is 0 Å². The third kappa shape index (κ3) is 5.01. The Labute approximate surface area is 161 Å². The highest BCUT2D eigenvalue weighted by atomic mass is 32.2. The van der Waals surface area contributed by atoms with Gasteiger partial charge >= 0.3 is 0 Å². The molecular formula is C19H21N5O2S. The molecule has 0 aliphatic heterocycles. The van der Waals surface area contributed by atoms with E-state index in [2.05, 4.69) is 15.5 Å². The number of nitrogen functional groups attached to an aromatic ring is 1. The van der Waals surface area contributed by atoms with E-state index in [0.29, 0.717) is 23.3 Å². The topological polar surface area (TPSA) is 95.1 Å². The van der Waals surface area contributed by atoms with Crippen LogP contribution >= 0.6 is 11.8 Å². The van der Waals surface area contributed by atoms with Crippen LogP contribution in [0.5, 0.6) is 5.75 Å². The van der Waals surface area contributed by atoms with E-state index >= 15 is 0 Å². The molecular weight excluding hydrogens is 362 g/mol. The van der Waals surface area contributed by atoms with Crippen molar-refractivity contribution < 1.29 is 9.53 Å². The summed E-state index contributed by atoms with van der Waals surface area (Å²) in [5, 5.41) is 10.8. The monoisotopic (exact) mass is 383 g/mol. The van der Waals surface area contributed by atoms with Gasteiger partial charge in [0.2, 0.25) is 11.1 Å². The van der Waals surface area contributed by atoms with Crippen molar-refractivity contribution in [3.63, 3.8) is 0 Å². The van der Waals surface area contributed by atoms with Crippen LogP contribution in [0.4, 0.5) is 5.69 Å². The van der Waals surface area contributed by atoms with Crippen molar-refractivity contribution in [3.8, 4) is 5.75 Å². The smallest absolute Gasteiger partial charge is 0.237 e. The summed E-state index contributed by atoms with van der Waals surface area (Å²) in [6.45, 7) is 4.05. The SMILES string of the molecule is Cc1nnc(S[C@@H](C)C(=O)Nc2ccc(OCc3ccccc3)cc2)n1N. The molecule has 8 heteroatoms. The second-order valence-corrected chi connectivity index (χ2v) is 7.26. The highest BCUT2D eigenvalue weighted by Crippen LogP contribution is 2.23. The number of carbonyl (C=O) groups excluding carboxylic acids is 1. The number of thioether (sulfide) groups is 1. The van der Waals surface area contributed by atoms with E-state index in [0.717, 1.165) is 11.3 Å². The van der Waals surface area contributed by atoms with Crippen molar-refractivity contribution in [2.45, 2.75) is 30.9 Å². The number of hydrogen-bond acceptors (Lipinski definition) is 6. The van der Waals surface area contributed by atoms with Crippen LogP contribution in [0.1, 0.15) is 18.3 Å². The van der Waals surface area contributed by atoms with Gasteiger partial charge in [-0.3, -0.25) is 4.79 Å². The van der Waals surface area contributed by atoms with Crippen LogP contribution in [-0.4, -0.2) is 26.0 Å². The molecule has 27 heavy (non-hydrogen) atoms. The van der Waals surface area contributed by atoms with Crippen LogP contribution in [0, 0.1) is 6.92 Å². The number of nitrogens with zero attached hydrogens (tertiary/aromatic N) is 3. The first-order chi connectivity index (χ1) is 13.0. The number of amides is 1. The van der Waals surface area contributed by atoms with Gasteiger partial charge in [0.1, 0.15) is 18.2 Å². The van der Waals surface area contributed by atoms with E-state index in [-0.39, 0.29) is 11.2 Å². The van der Waals surface area contributed by atoms with E-state index in [1.165, 1.54) is 16.4 Å². The summed E-state index contributed by atoms with van der Waals surface area (Å²) in [5.41, 5.74) is 1.80. The number of rotatable bonds is 7. The fourth-order valence-electron chi connectivity index (χ4n) is 2.26. The van der Waals surface area contributed by atoms with Crippen LogP contribution in [0.15, 0.2) is 59.8 Å². The van der Waals surface area contributed by atoms with Crippen molar-refractivity contribution in [2.75, 3.05) is 11.2 Å². The van der Waals surface area contributed by atoms with Gasteiger partial charge in [-0.2, -0.15) is 0 Å². The second-order valence-electron chi connectivity index (χ2n) is 5.95. The number of aryl methyl sites for hydroxylation is 1. The number of nitrogens with one attached hydrogen (secondary N) is 1. The lowest BCUT2D eigenvalue weighted by atomic mass is 10.2. The molecule has 0 saturated carbocycles. The summed E-state index contributed by atoms with van der Waals surface area (Å²) in [5.74, 6) is 7.01. The number of aromatic nitrogens is 3. The molecule has 1 aromatic heterocycles. The summed E-state index contributed by atoms with van der Waals surface area (Å²) in [4.78, 5) is 12.4. The molecule has 0 radical (unpaired) electrons. The first-order valence-electron chi connectivity index (χ1n) is 8.44. The molecule has 0 aliphatic rings. The Morgan fingerprint density at radius 1 is 1.19 bits per heavy atom. The first kappa shape index (κ1) is 18.8. The van der Waals surface area contributed by atoms with Crippen LogP contribution < -0.4 is 15.9 Å². The maximum atomic E-state index is 12.4. The van der Waals surface area contributed by atoms with Gasteiger partial charge < -0.3 is 15.9 Å². The van der Waals surface area contributed by atoms with E-state index < -0.39 is 0 Å². The van der Waals surface area contributed by atoms with Gasteiger partial charge in [-0.15, -0.1) is 10.2 Å². The van der Waals surface area contributed by atoms with Crippen LogP contribution in [0.2, 0.25) is 0 Å². The molecule has 7 nitrogen and oxygen atoms in total. The molecule has 1 amide bonds. The molecule has 0 aliphatic carbocycles. The van der Waals surface area contributed by atoms with E-state index in [1.807, 2.05) is 54.6 Å². The molecule has 0 spiro atoms. The standard InChI is InChI=1S/C19H21N5O2S/c1-13(27-19-23-22-14(2)24(19)20)18(25)21-16-8-10-17(11-9-16)26-12-15-6-4-3-5-7-15/h3-11,13H,12,20H2,1-2H3,(H,21,25)/t13-/m0/s1. The average molecular weight is 383 g/mol. The highest BCUT2D eigenvalue weighted by Gasteiger charge is 2.18. The lowest BCUT2D eigenvalue weighted by molar-refractivity contribution is -0.115. The fourth-order valence-corrected chi connectivity index (χ4v) is 3.08. The van der Waals surface area contributed by atoms with Crippen LogP contribution in [0.25, 0.3) is 0 Å². The number of nitrogens with two attached hydrogens (primary N) is 1. The molecule has 0 saturated heterocycles. The molecule has 1 atom stereocenters.